The Morgan fingerprint density at radius 1 is 1.26 bits per heavy atom. The molecule has 0 spiro atoms. The van der Waals surface area contributed by atoms with Crippen LogP contribution in [-0.2, 0) is 4.74 Å². The van der Waals surface area contributed by atoms with Crippen LogP contribution in [0.25, 0.3) is 22.0 Å². The first-order chi connectivity index (χ1) is 18.5. The number of pyridine rings is 1. The number of hydrogen-bond acceptors (Lipinski definition) is 6. The number of carbonyl (C=O) groups excluding carboxylic acids is 1. The summed E-state index contributed by atoms with van der Waals surface area (Å²) in [5, 5.41) is 10.6. The fourth-order valence-corrected chi connectivity index (χ4v) is 4.82. The van der Waals surface area contributed by atoms with Crippen molar-refractivity contribution in [3.63, 3.8) is 0 Å². The third-order valence-electron chi connectivity index (χ3n) is 6.25. The summed E-state index contributed by atoms with van der Waals surface area (Å²) in [5.41, 5.74) is -0.322. The van der Waals surface area contributed by atoms with Gasteiger partial charge < -0.3 is 9.64 Å². The highest BCUT2D eigenvalue weighted by Gasteiger charge is 2.35. The first-order valence-corrected chi connectivity index (χ1v) is 12.5. The van der Waals surface area contributed by atoms with Crippen LogP contribution >= 0.6 is 11.6 Å². The number of piperazine rings is 1. The van der Waals surface area contributed by atoms with Gasteiger partial charge in [-0.2, -0.15) is 5.26 Å². The maximum atomic E-state index is 16.0. The van der Waals surface area contributed by atoms with E-state index in [-0.39, 0.29) is 35.1 Å². The molecule has 0 radical (unpaired) electrons. The van der Waals surface area contributed by atoms with Crippen LogP contribution in [0.3, 0.4) is 0 Å². The van der Waals surface area contributed by atoms with E-state index in [2.05, 4.69) is 27.8 Å². The number of amidine groups is 1. The fourth-order valence-electron chi connectivity index (χ4n) is 4.55. The van der Waals surface area contributed by atoms with Gasteiger partial charge in [-0.05, 0) is 38.9 Å². The monoisotopic (exact) mass is 552 g/mol. The molecule has 3 aromatic rings. The van der Waals surface area contributed by atoms with Gasteiger partial charge in [-0.1, -0.05) is 35.9 Å². The molecule has 1 atom stereocenters. The maximum Gasteiger partial charge on any atom is 0.411 e. The second-order valence-corrected chi connectivity index (χ2v) is 10.3. The van der Waals surface area contributed by atoms with E-state index < -0.39 is 29.4 Å². The molecule has 0 aliphatic carbocycles. The molecule has 1 fully saturated rings. The van der Waals surface area contributed by atoms with Gasteiger partial charge in [-0.25, -0.2) is 13.6 Å². The van der Waals surface area contributed by atoms with E-state index in [1.165, 1.54) is 24.2 Å². The molecular formula is C28H27ClF2N6O2. The molecule has 202 valence electrons. The molecule has 1 aliphatic rings. The Kier molecular flexibility index (Phi) is 7.84. The van der Waals surface area contributed by atoms with Gasteiger partial charge in [0.05, 0.1) is 23.2 Å². The molecule has 0 saturated carbocycles. The lowest BCUT2D eigenvalue weighted by atomic mass is 9.99. The number of benzene rings is 2. The van der Waals surface area contributed by atoms with Crippen molar-refractivity contribution in [3.8, 4) is 17.3 Å². The summed E-state index contributed by atoms with van der Waals surface area (Å²) in [7, 11) is 1.53. The molecule has 0 N–H and O–H groups in total. The van der Waals surface area contributed by atoms with Crippen molar-refractivity contribution in [1.29, 1.82) is 5.26 Å². The SMILES string of the molecule is C=Nc1c(C(=NC)N2CCN(C(=O)OC(C)(C)C)C(C#N)C2)cnc(-c2cccc3ccc(F)c(Cl)c23)c1F. The van der Waals surface area contributed by atoms with E-state index in [4.69, 9.17) is 16.3 Å². The topological polar surface area (TPSA) is 94.2 Å². The zero-order valence-corrected chi connectivity index (χ0v) is 22.8. The number of nitriles is 1. The van der Waals surface area contributed by atoms with Crippen molar-refractivity contribution in [2.45, 2.75) is 32.4 Å². The third kappa shape index (κ3) is 5.40. The number of carbonyl (C=O) groups is 1. The Morgan fingerprint density at radius 3 is 2.64 bits per heavy atom. The molecule has 1 unspecified atom stereocenters. The van der Waals surface area contributed by atoms with Gasteiger partial charge in [0.2, 0.25) is 0 Å². The smallest absolute Gasteiger partial charge is 0.411 e. The molecule has 1 amide bonds. The minimum absolute atomic E-state index is 0.0700. The number of nitrogens with zero attached hydrogens (tertiary/aromatic N) is 6. The van der Waals surface area contributed by atoms with Gasteiger partial charge in [0.25, 0.3) is 0 Å². The van der Waals surface area contributed by atoms with E-state index in [9.17, 15) is 14.4 Å². The number of amides is 1. The van der Waals surface area contributed by atoms with Crippen molar-refractivity contribution in [2.75, 3.05) is 26.7 Å². The molecule has 2 aromatic carbocycles. The van der Waals surface area contributed by atoms with Crippen molar-refractivity contribution in [1.82, 2.24) is 14.8 Å². The molecule has 4 rings (SSSR count). The molecule has 39 heavy (non-hydrogen) atoms. The fraction of sp³-hybridized carbons (Fsp3) is 0.321. The quantitative estimate of drug-likeness (QED) is 0.294. The van der Waals surface area contributed by atoms with E-state index in [0.29, 0.717) is 28.7 Å². The largest absolute Gasteiger partial charge is 0.444 e. The number of aliphatic imine (C=N–C) groups is 2. The normalized spacial score (nSPS) is 16.3. The van der Waals surface area contributed by atoms with Gasteiger partial charge in [0.15, 0.2) is 5.82 Å². The first kappa shape index (κ1) is 27.9. The number of hydrogen-bond donors (Lipinski definition) is 0. The molecule has 1 saturated heterocycles. The van der Waals surface area contributed by atoms with Gasteiger partial charge in [0.1, 0.15) is 34.7 Å². The summed E-state index contributed by atoms with van der Waals surface area (Å²) in [6, 6.07) is 9.17. The van der Waals surface area contributed by atoms with Crippen LogP contribution in [-0.4, -0.2) is 71.8 Å². The molecule has 1 aliphatic heterocycles. The van der Waals surface area contributed by atoms with Gasteiger partial charge >= 0.3 is 6.09 Å². The summed E-state index contributed by atoms with van der Waals surface area (Å²) in [6.07, 6.45) is 0.831. The highest BCUT2D eigenvalue weighted by Crippen LogP contribution is 2.38. The second-order valence-electron chi connectivity index (χ2n) is 9.92. The van der Waals surface area contributed by atoms with Crippen LogP contribution in [0.5, 0.6) is 0 Å². The molecule has 1 aromatic heterocycles. The standard InChI is InChI=1S/C28H27ClF2N6O2/c1-28(2,3)39-27(38)37-12-11-36(15-17(37)13-32)26(34-5)19-14-35-25(23(31)24(19)33-4)18-8-6-7-16-9-10-20(30)22(29)21(16)18/h6-10,14,17H,4,11-12,15H2,1-3,5H3. The highest BCUT2D eigenvalue weighted by molar-refractivity contribution is 6.36. The van der Waals surface area contributed by atoms with Crippen LogP contribution < -0.4 is 0 Å². The predicted octanol–water partition coefficient (Wildman–Crippen LogP) is 5.99. The number of halogens is 3. The lowest BCUT2D eigenvalue weighted by Gasteiger charge is -2.40. The Morgan fingerprint density at radius 2 is 2.00 bits per heavy atom. The average Bonchev–Trinajstić information content (AvgIpc) is 2.90. The Balaban J connectivity index is 1.71. The van der Waals surface area contributed by atoms with Crippen molar-refractivity contribution < 1.29 is 18.3 Å². The molecule has 0 bridgehead atoms. The van der Waals surface area contributed by atoms with E-state index in [0.717, 1.165) is 0 Å². The summed E-state index contributed by atoms with van der Waals surface area (Å²) >= 11 is 6.26. The van der Waals surface area contributed by atoms with Crippen LogP contribution in [0.4, 0.5) is 19.3 Å². The van der Waals surface area contributed by atoms with Crippen LogP contribution in [0.15, 0.2) is 46.5 Å². The molecular weight excluding hydrogens is 526 g/mol. The van der Waals surface area contributed by atoms with E-state index in [1.54, 1.807) is 49.9 Å². The Labute approximate surface area is 230 Å². The van der Waals surface area contributed by atoms with Gasteiger partial charge in [-0.15, -0.1) is 0 Å². The zero-order valence-electron chi connectivity index (χ0n) is 22.0. The number of aromatic nitrogens is 1. The minimum atomic E-state index is -0.824. The first-order valence-electron chi connectivity index (χ1n) is 12.1. The molecule has 2 heterocycles. The molecule has 8 nitrogen and oxygen atoms in total. The zero-order chi connectivity index (χ0) is 28.5. The second kappa shape index (κ2) is 10.9. The van der Waals surface area contributed by atoms with Crippen LogP contribution in [0.1, 0.15) is 26.3 Å². The Bertz CT molecular complexity index is 1530. The number of rotatable bonds is 3. The lowest BCUT2D eigenvalue weighted by Crippen LogP contribution is -2.57. The molecule has 11 heteroatoms. The summed E-state index contributed by atoms with van der Waals surface area (Å²) in [6.45, 7) is 9.41. The average molecular weight is 553 g/mol. The van der Waals surface area contributed by atoms with E-state index in [1.807, 2.05) is 0 Å². The number of fused-ring (bicyclic) bond motifs is 1. The Hall–Kier alpha value is -4.10. The van der Waals surface area contributed by atoms with Crippen LogP contribution in [0, 0.1) is 23.0 Å². The third-order valence-corrected chi connectivity index (χ3v) is 6.62. The summed E-state index contributed by atoms with van der Waals surface area (Å²) < 4.78 is 35.7. The number of ether oxygens (including phenoxy) is 1. The lowest BCUT2D eigenvalue weighted by molar-refractivity contribution is 0.0119. The van der Waals surface area contributed by atoms with E-state index >= 15 is 4.39 Å². The maximum absolute atomic E-state index is 16.0. The van der Waals surface area contributed by atoms with Gasteiger partial charge in [0, 0.05) is 37.3 Å². The van der Waals surface area contributed by atoms with Gasteiger partial charge in [-0.3, -0.25) is 19.9 Å². The highest BCUT2D eigenvalue weighted by atomic mass is 35.5. The van der Waals surface area contributed by atoms with Crippen molar-refractivity contribution in [2.24, 2.45) is 9.98 Å². The van der Waals surface area contributed by atoms with Crippen molar-refractivity contribution in [3.05, 3.63) is 58.7 Å². The van der Waals surface area contributed by atoms with Crippen LogP contribution in [0.2, 0.25) is 5.02 Å². The predicted molar refractivity (Wildman–Crippen MR) is 148 cm³/mol. The van der Waals surface area contributed by atoms with Crippen molar-refractivity contribution >= 4 is 46.7 Å². The summed E-state index contributed by atoms with van der Waals surface area (Å²) in [4.78, 5) is 28.4. The minimum Gasteiger partial charge on any atom is -0.444 e. The summed E-state index contributed by atoms with van der Waals surface area (Å²) in [5.74, 6) is -1.07.